The molecule has 1 aromatic carbocycles. The molecule has 3 rings (SSSR count). The zero-order chi connectivity index (χ0) is 13.9. The van der Waals surface area contributed by atoms with Gasteiger partial charge in [0.25, 0.3) is 0 Å². The van der Waals surface area contributed by atoms with Gasteiger partial charge in [0.1, 0.15) is 5.75 Å². The van der Waals surface area contributed by atoms with Crippen LogP contribution in [0.4, 0.5) is 4.79 Å². The number of urea groups is 1. The summed E-state index contributed by atoms with van der Waals surface area (Å²) in [6.45, 7) is 4.14. The first kappa shape index (κ1) is 15.9. The van der Waals surface area contributed by atoms with Crippen LogP contribution in [0.25, 0.3) is 0 Å². The summed E-state index contributed by atoms with van der Waals surface area (Å²) >= 11 is 0. The number of nitrogens with one attached hydrogen (secondary N) is 1. The molecular formula is C15H22ClN3O2. The van der Waals surface area contributed by atoms with E-state index in [-0.39, 0.29) is 18.4 Å². The fourth-order valence-corrected chi connectivity index (χ4v) is 2.99. The minimum absolute atomic E-state index is 0. The molecule has 1 aromatic rings. The Kier molecular flexibility index (Phi) is 5.31. The lowest BCUT2D eigenvalue weighted by molar-refractivity contribution is 0.0831. The Morgan fingerprint density at radius 1 is 1.38 bits per heavy atom. The number of methoxy groups -OCH3 is 1. The number of carbonyl (C=O) groups excluding carboxylic acids is 1. The molecule has 0 aliphatic carbocycles. The van der Waals surface area contributed by atoms with E-state index >= 15 is 0 Å². The second-order valence-corrected chi connectivity index (χ2v) is 5.40. The second kappa shape index (κ2) is 7.00. The van der Waals surface area contributed by atoms with Crippen LogP contribution in [0.5, 0.6) is 5.75 Å². The first-order valence-corrected chi connectivity index (χ1v) is 7.17. The highest BCUT2D eigenvalue weighted by Gasteiger charge is 2.34. The first-order chi connectivity index (χ1) is 9.78. The van der Waals surface area contributed by atoms with Crippen LogP contribution in [-0.2, 0) is 6.54 Å². The second-order valence-electron chi connectivity index (χ2n) is 5.40. The Bertz CT molecular complexity index is 498. The van der Waals surface area contributed by atoms with E-state index in [2.05, 4.69) is 5.32 Å². The molecule has 116 valence electrons. The molecular weight excluding hydrogens is 290 g/mol. The van der Waals surface area contributed by atoms with Gasteiger partial charge in [0.15, 0.2) is 0 Å². The fraction of sp³-hybridized carbons (Fsp3) is 0.533. The molecule has 0 radical (unpaired) electrons. The standard InChI is InChI=1S/C15H21N3O2.ClH/c1-20-14-4-2-3-12(9-14)11-17-7-5-13-10-16-6-8-18(13)15(17)19;/h2-4,9,13,16H,5-8,10-11H2,1H3;1H. The number of hydrogen-bond donors (Lipinski definition) is 1. The maximum absolute atomic E-state index is 12.5. The molecule has 0 aromatic heterocycles. The van der Waals surface area contributed by atoms with Crippen molar-refractivity contribution in [1.29, 1.82) is 0 Å². The van der Waals surface area contributed by atoms with E-state index in [9.17, 15) is 4.79 Å². The van der Waals surface area contributed by atoms with Gasteiger partial charge >= 0.3 is 6.03 Å². The SMILES string of the molecule is COc1cccc(CN2CCC3CNCCN3C2=O)c1.Cl. The molecule has 0 spiro atoms. The molecule has 1 atom stereocenters. The van der Waals surface area contributed by atoms with Crippen LogP contribution < -0.4 is 10.1 Å². The maximum atomic E-state index is 12.5. The quantitative estimate of drug-likeness (QED) is 0.924. The van der Waals surface area contributed by atoms with E-state index in [4.69, 9.17) is 4.74 Å². The summed E-state index contributed by atoms with van der Waals surface area (Å²) in [6.07, 6.45) is 1.04. The van der Waals surface area contributed by atoms with Crippen molar-refractivity contribution in [2.75, 3.05) is 33.3 Å². The highest BCUT2D eigenvalue weighted by molar-refractivity contribution is 5.85. The van der Waals surface area contributed by atoms with Crippen molar-refractivity contribution in [2.45, 2.75) is 19.0 Å². The van der Waals surface area contributed by atoms with Crippen molar-refractivity contribution >= 4 is 18.4 Å². The van der Waals surface area contributed by atoms with Crippen LogP contribution in [0.2, 0.25) is 0 Å². The van der Waals surface area contributed by atoms with Gasteiger partial charge in [-0.15, -0.1) is 12.4 Å². The molecule has 2 amide bonds. The summed E-state index contributed by atoms with van der Waals surface area (Å²) < 4.78 is 5.23. The Morgan fingerprint density at radius 3 is 3.05 bits per heavy atom. The van der Waals surface area contributed by atoms with E-state index in [0.29, 0.717) is 12.6 Å². The van der Waals surface area contributed by atoms with Crippen LogP contribution >= 0.6 is 12.4 Å². The van der Waals surface area contributed by atoms with Gasteiger partial charge in [0, 0.05) is 38.8 Å². The van der Waals surface area contributed by atoms with Crippen molar-refractivity contribution in [1.82, 2.24) is 15.1 Å². The number of piperazine rings is 1. The predicted molar refractivity (Wildman–Crippen MR) is 84.0 cm³/mol. The molecule has 1 N–H and O–H groups in total. The van der Waals surface area contributed by atoms with E-state index in [0.717, 1.165) is 43.9 Å². The number of carbonyl (C=O) groups is 1. The Balaban J connectivity index is 0.00000161. The molecule has 2 fully saturated rings. The van der Waals surface area contributed by atoms with Crippen molar-refractivity contribution < 1.29 is 9.53 Å². The first-order valence-electron chi connectivity index (χ1n) is 7.17. The normalized spacial score (nSPS) is 21.6. The molecule has 5 nitrogen and oxygen atoms in total. The number of halogens is 1. The third kappa shape index (κ3) is 3.41. The molecule has 2 heterocycles. The predicted octanol–water partition coefficient (Wildman–Crippen LogP) is 1.72. The van der Waals surface area contributed by atoms with Crippen LogP contribution in [0.3, 0.4) is 0 Å². The lowest BCUT2D eigenvalue weighted by Gasteiger charge is -2.44. The minimum atomic E-state index is 0. The van der Waals surface area contributed by atoms with Crippen LogP contribution in [-0.4, -0.2) is 55.2 Å². The smallest absolute Gasteiger partial charge is 0.320 e. The lowest BCUT2D eigenvalue weighted by Crippen LogP contribution is -2.61. The summed E-state index contributed by atoms with van der Waals surface area (Å²) in [7, 11) is 1.66. The third-order valence-electron chi connectivity index (χ3n) is 4.11. The summed E-state index contributed by atoms with van der Waals surface area (Å²) in [6, 6.07) is 8.48. The van der Waals surface area contributed by atoms with Gasteiger partial charge in [-0.05, 0) is 24.1 Å². The van der Waals surface area contributed by atoms with E-state index in [1.807, 2.05) is 34.1 Å². The average molecular weight is 312 g/mol. The summed E-state index contributed by atoms with van der Waals surface area (Å²) in [5, 5.41) is 3.36. The molecule has 2 aliphatic heterocycles. The fourth-order valence-electron chi connectivity index (χ4n) is 2.99. The van der Waals surface area contributed by atoms with Crippen molar-refractivity contribution in [3.8, 4) is 5.75 Å². The lowest BCUT2D eigenvalue weighted by atomic mass is 10.1. The number of benzene rings is 1. The monoisotopic (exact) mass is 311 g/mol. The van der Waals surface area contributed by atoms with Gasteiger partial charge in [-0.2, -0.15) is 0 Å². The third-order valence-corrected chi connectivity index (χ3v) is 4.11. The number of fused-ring (bicyclic) bond motifs is 1. The number of ether oxygens (including phenoxy) is 1. The van der Waals surface area contributed by atoms with Crippen molar-refractivity contribution in [3.63, 3.8) is 0 Å². The van der Waals surface area contributed by atoms with Gasteiger partial charge < -0.3 is 19.9 Å². The Hall–Kier alpha value is -1.46. The Labute approximate surface area is 131 Å². The summed E-state index contributed by atoms with van der Waals surface area (Å²) in [5.74, 6) is 0.840. The molecule has 0 saturated carbocycles. The number of rotatable bonds is 3. The van der Waals surface area contributed by atoms with E-state index < -0.39 is 0 Å². The van der Waals surface area contributed by atoms with Gasteiger partial charge in [0.2, 0.25) is 0 Å². The van der Waals surface area contributed by atoms with Gasteiger partial charge in [0.05, 0.1) is 7.11 Å². The van der Waals surface area contributed by atoms with Gasteiger partial charge in [-0.3, -0.25) is 0 Å². The van der Waals surface area contributed by atoms with E-state index in [1.165, 1.54) is 0 Å². The number of amides is 2. The highest BCUT2D eigenvalue weighted by Crippen LogP contribution is 2.21. The zero-order valence-electron chi connectivity index (χ0n) is 12.2. The summed E-state index contributed by atoms with van der Waals surface area (Å²) in [4.78, 5) is 16.5. The van der Waals surface area contributed by atoms with Crippen LogP contribution in [0, 0.1) is 0 Å². The van der Waals surface area contributed by atoms with E-state index in [1.54, 1.807) is 7.11 Å². The van der Waals surface area contributed by atoms with Gasteiger partial charge in [-0.1, -0.05) is 12.1 Å². The maximum Gasteiger partial charge on any atom is 0.320 e. The van der Waals surface area contributed by atoms with Crippen LogP contribution in [0.15, 0.2) is 24.3 Å². The highest BCUT2D eigenvalue weighted by atomic mass is 35.5. The molecule has 2 saturated heterocycles. The van der Waals surface area contributed by atoms with Crippen molar-refractivity contribution in [3.05, 3.63) is 29.8 Å². The van der Waals surface area contributed by atoms with Crippen molar-refractivity contribution in [2.24, 2.45) is 0 Å². The zero-order valence-corrected chi connectivity index (χ0v) is 13.1. The molecule has 6 heteroatoms. The summed E-state index contributed by atoms with van der Waals surface area (Å²) in [5.41, 5.74) is 1.12. The Morgan fingerprint density at radius 2 is 2.24 bits per heavy atom. The molecule has 21 heavy (non-hydrogen) atoms. The number of hydrogen-bond acceptors (Lipinski definition) is 3. The number of nitrogens with zero attached hydrogens (tertiary/aromatic N) is 2. The van der Waals surface area contributed by atoms with Crippen LogP contribution in [0.1, 0.15) is 12.0 Å². The average Bonchev–Trinajstić information content (AvgIpc) is 2.50. The largest absolute Gasteiger partial charge is 0.497 e. The molecule has 2 aliphatic rings. The molecule has 1 unspecified atom stereocenters. The minimum Gasteiger partial charge on any atom is -0.497 e. The van der Waals surface area contributed by atoms with Gasteiger partial charge in [-0.25, -0.2) is 4.79 Å². The molecule has 0 bridgehead atoms. The topological polar surface area (TPSA) is 44.8 Å².